The highest BCUT2D eigenvalue weighted by molar-refractivity contribution is 5.66. The lowest BCUT2D eigenvalue weighted by atomic mass is 10.0. The first-order valence-corrected chi connectivity index (χ1v) is 5.37. The van der Waals surface area contributed by atoms with Gasteiger partial charge in [0.25, 0.3) is 0 Å². The summed E-state index contributed by atoms with van der Waals surface area (Å²) in [5, 5.41) is 0. The van der Waals surface area contributed by atoms with E-state index < -0.39 is 11.6 Å². The first-order chi connectivity index (χ1) is 8.11. The average Bonchev–Trinajstić information content (AvgIpc) is 2.32. The Bertz CT molecular complexity index is 550. The molecule has 0 atom stereocenters. The Balaban J connectivity index is 2.56. The molecule has 0 unspecified atom stereocenters. The van der Waals surface area contributed by atoms with Crippen molar-refractivity contribution in [2.45, 2.75) is 13.5 Å². The highest BCUT2D eigenvalue weighted by Crippen LogP contribution is 2.27. The minimum Gasteiger partial charge on any atom is -0.326 e. The second-order valence-electron chi connectivity index (χ2n) is 4.00. The van der Waals surface area contributed by atoms with E-state index in [1.165, 1.54) is 12.1 Å². The van der Waals surface area contributed by atoms with E-state index in [0.29, 0.717) is 5.56 Å². The molecule has 0 saturated heterocycles. The third-order valence-electron chi connectivity index (χ3n) is 2.68. The second kappa shape index (κ2) is 4.63. The van der Waals surface area contributed by atoms with Gasteiger partial charge in [-0.1, -0.05) is 23.8 Å². The standard InChI is InChI=1S/C14H13F2N/c1-9-2-5-13(15)12(6-9)11-4-3-10(8-17)7-14(11)16/h2-7H,8,17H2,1H3. The zero-order valence-corrected chi connectivity index (χ0v) is 9.50. The van der Waals surface area contributed by atoms with Crippen LogP contribution in [0.3, 0.4) is 0 Å². The van der Waals surface area contributed by atoms with Crippen LogP contribution in [0.4, 0.5) is 8.78 Å². The van der Waals surface area contributed by atoms with Crippen molar-refractivity contribution in [2.75, 3.05) is 0 Å². The van der Waals surface area contributed by atoms with Crippen molar-refractivity contribution in [3.05, 3.63) is 59.2 Å². The molecule has 0 saturated carbocycles. The molecule has 0 heterocycles. The number of rotatable bonds is 2. The normalized spacial score (nSPS) is 10.6. The van der Waals surface area contributed by atoms with Crippen LogP contribution in [0, 0.1) is 18.6 Å². The minimum absolute atomic E-state index is 0.267. The lowest BCUT2D eigenvalue weighted by molar-refractivity contribution is 0.615. The highest BCUT2D eigenvalue weighted by atomic mass is 19.1. The average molecular weight is 233 g/mol. The van der Waals surface area contributed by atoms with E-state index in [0.717, 1.165) is 5.56 Å². The summed E-state index contributed by atoms with van der Waals surface area (Å²) in [4.78, 5) is 0. The summed E-state index contributed by atoms with van der Waals surface area (Å²) >= 11 is 0. The Morgan fingerprint density at radius 3 is 2.35 bits per heavy atom. The summed E-state index contributed by atoms with van der Waals surface area (Å²) in [7, 11) is 0. The van der Waals surface area contributed by atoms with E-state index in [1.54, 1.807) is 24.3 Å². The molecule has 2 aromatic carbocycles. The third-order valence-corrected chi connectivity index (χ3v) is 2.68. The van der Waals surface area contributed by atoms with Crippen LogP contribution in [0.25, 0.3) is 11.1 Å². The molecule has 2 rings (SSSR count). The molecule has 0 aliphatic rings. The van der Waals surface area contributed by atoms with Crippen LogP contribution in [0.1, 0.15) is 11.1 Å². The van der Waals surface area contributed by atoms with Crippen LogP contribution in [-0.2, 0) is 6.54 Å². The summed E-state index contributed by atoms with van der Waals surface area (Å²) < 4.78 is 27.4. The fourth-order valence-corrected chi connectivity index (χ4v) is 1.75. The van der Waals surface area contributed by atoms with E-state index in [2.05, 4.69) is 0 Å². The molecule has 0 aliphatic carbocycles. The first kappa shape index (κ1) is 11.7. The quantitative estimate of drug-likeness (QED) is 0.845. The predicted octanol–water partition coefficient (Wildman–Crippen LogP) is 3.40. The molecule has 2 N–H and O–H groups in total. The maximum absolute atomic E-state index is 13.8. The van der Waals surface area contributed by atoms with Gasteiger partial charge in [0.15, 0.2) is 0 Å². The van der Waals surface area contributed by atoms with Crippen LogP contribution < -0.4 is 5.73 Å². The predicted molar refractivity (Wildman–Crippen MR) is 64.4 cm³/mol. The summed E-state index contributed by atoms with van der Waals surface area (Å²) in [6.45, 7) is 2.11. The molecule has 17 heavy (non-hydrogen) atoms. The zero-order chi connectivity index (χ0) is 12.4. The number of aryl methyl sites for hydroxylation is 1. The van der Waals surface area contributed by atoms with Crippen molar-refractivity contribution < 1.29 is 8.78 Å². The fourth-order valence-electron chi connectivity index (χ4n) is 1.75. The van der Waals surface area contributed by atoms with Gasteiger partial charge in [0.05, 0.1) is 0 Å². The maximum atomic E-state index is 13.8. The van der Waals surface area contributed by atoms with Gasteiger partial charge in [0.1, 0.15) is 11.6 Å². The van der Waals surface area contributed by atoms with Gasteiger partial charge in [0, 0.05) is 17.7 Å². The molecular formula is C14H13F2N. The SMILES string of the molecule is Cc1ccc(F)c(-c2ccc(CN)cc2F)c1. The second-order valence-corrected chi connectivity index (χ2v) is 4.00. The Kier molecular flexibility index (Phi) is 3.20. The summed E-state index contributed by atoms with van der Waals surface area (Å²) in [6, 6.07) is 9.26. The Morgan fingerprint density at radius 2 is 1.71 bits per heavy atom. The third kappa shape index (κ3) is 2.34. The van der Waals surface area contributed by atoms with Crippen molar-refractivity contribution in [3.63, 3.8) is 0 Å². The molecule has 0 amide bonds. The van der Waals surface area contributed by atoms with Crippen molar-refractivity contribution in [1.29, 1.82) is 0 Å². The number of hydrogen-bond acceptors (Lipinski definition) is 1. The van der Waals surface area contributed by atoms with Crippen LogP contribution in [0.2, 0.25) is 0 Å². The topological polar surface area (TPSA) is 26.0 Å². The lowest BCUT2D eigenvalue weighted by Crippen LogP contribution is -1.98. The first-order valence-electron chi connectivity index (χ1n) is 5.37. The van der Waals surface area contributed by atoms with E-state index in [1.807, 2.05) is 6.92 Å². The van der Waals surface area contributed by atoms with Crippen LogP contribution in [0.15, 0.2) is 36.4 Å². The smallest absolute Gasteiger partial charge is 0.131 e. The molecule has 0 aromatic heterocycles. The van der Waals surface area contributed by atoms with Crippen molar-refractivity contribution in [3.8, 4) is 11.1 Å². The van der Waals surface area contributed by atoms with Crippen LogP contribution in [0.5, 0.6) is 0 Å². The van der Waals surface area contributed by atoms with Gasteiger partial charge >= 0.3 is 0 Å². The Hall–Kier alpha value is -1.74. The van der Waals surface area contributed by atoms with Gasteiger partial charge in [-0.05, 0) is 30.7 Å². The Morgan fingerprint density at radius 1 is 0.941 bits per heavy atom. The molecule has 0 bridgehead atoms. The van der Waals surface area contributed by atoms with Gasteiger partial charge in [0.2, 0.25) is 0 Å². The van der Waals surface area contributed by atoms with Gasteiger partial charge < -0.3 is 5.73 Å². The Labute approximate surface area is 98.9 Å². The van der Waals surface area contributed by atoms with Gasteiger partial charge in [-0.15, -0.1) is 0 Å². The number of benzene rings is 2. The monoisotopic (exact) mass is 233 g/mol. The maximum Gasteiger partial charge on any atom is 0.131 e. The van der Waals surface area contributed by atoms with Crippen molar-refractivity contribution in [2.24, 2.45) is 5.73 Å². The lowest BCUT2D eigenvalue weighted by Gasteiger charge is -2.07. The number of halogens is 2. The van der Waals surface area contributed by atoms with Gasteiger partial charge in [-0.2, -0.15) is 0 Å². The summed E-state index contributed by atoms with van der Waals surface area (Å²) in [5.41, 5.74) is 7.56. The molecule has 88 valence electrons. The number of hydrogen-bond donors (Lipinski definition) is 1. The number of nitrogens with two attached hydrogens (primary N) is 1. The molecule has 1 nitrogen and oxygen atoms in total. The molecule has 0 radical (unpaired) electrons. The van der Waals surface area contributed by atoms with Crippen LogP contribution in [-0.4, -0.2) is 0 Å². The molecule has 0 fully saturated rings. The highest BCUT2D eigenvalue weighted by Gasteiger charge is 2.10. The van der Waals surface area contributed by atoms with E-state index in [-0.39, 0.29) is 17.7 Å². The van der Waals surface area contributed by atoms with Gasteiger partial charge in [-0.3, -0.25) is 0 Å². The molecular weight excluding hydrogens is 220 g/mol. The zero-order valence-electron chi connectivity index (χ0n) is 9.50. The van der Waals surface area contributed by atoms with E-state index >= 15 is 0 Å². The van der Waals surface area contributed by atoms with Gasteiger partial charge in [-0.25, -0.2) is 8.78 Å². The largest absolute Gasteiger partial charge is 0.326 e. The minimum atomic E-state index is -0.447. The molecule has 0 spiro atoms. The molecule has 3 heteroatoms. The fraction of sp³-hybridized carbons (Fsp3) is 0.143. The van der Waals surface area contributed by atoms with E-state index in [4.69, 9.17) is 5.73 Å². The van der Waals surface area contributed by atoms with Crippen LogP contribution >= 0.6 is 0 Å². The molecule has 2 aromatic rings. The van der Waals surface area contributed by atoms with Crippen molar-refractivity contribution in [1.82, 2.24) is 0 Å². The summed E-state index contributed by atoms with van der Waals surface area (Å²) in [5.74, 6) is -0.868. The molecule has 0 aliphatic heterocycles. The van der Waals surface area contributed by atoms with Crippen molar-refractivity contribution >= 4 is 0 Å². The summed E-state index contributed by atoms with van der Waals surface area (Å²) in [6.07, 6.45) is 0. The van der Waals surface area contributed by atoms with E-state index in [9.17, 15) is 8.78 Å².